The fourth-order valence-corrected chi connectivity index (χ4v) is 3.45. The van der Waals surface area contributed by atoms with Crippen LogP contribution < -0.4 is 10.6 Å². The van der Waals surface area contributed by atoms with Gasteiger partial charge in [0.25, 0.3) is 0 Å². The van der Waals surface area contributed by atoms with Crippen LogP contribution in [0.15, 0.2) is 4.99 Å². The number of nitrogens with one attached hydrogen (secondary N) is 2. The number of ether oxygens (including phenoxy) is 1. The third-order valence-electron chi connectivity index (χ3n) is 5.10. The van der Waals surface area contributed by atoms with Crippen LogP contribution in [0.25, 0.3) is 0 Å². The monoisotopic (exact) mass is 531 g/mol. The lowest BCUT2D eigenvalue weighted by molar-refractivity contribution is -0.143. The summed E-state index contributed by atoms with van der Waals surface area (Å²) in [6.07, 6.45) is -1.37. The highest BCUT2D eigenvalue weighted by Crippen LogP contribution is 2.20. The smallest absolute Gasteiger partial charge is 0.376 e. The van der Waals surface area contributed by atoms with E-state index < -0.39 is 12.7 Å². The summed E-state index contributed by atoms with van der Waals surface area (Å²) in [4.78, 5) is 5.99. The van der Waals surface area contributed by atoms with Crippen LogP contribution in [-0.2, 0) is 18.3 Å². The molecule has 2 aliphatic heterocycles. The molecule has 3 heterocycles. The van der Waals surface area contributed by atoms with Gasteiger partial charge < -0.3 is 19.9 Å². The summed E-state index contributed by atoms with van der Waals surface area (Å²) < 4.78 is 45.3. The van der Waals surface area contributed by atoms with Crippen LogP contribution in [0.1, 0.15) is 30.9 Å². The molecule has 0 radical (unpaired) electrons. The summed E-state index contributed by atoms with van der Waals surface area (Å²) in [5.74, 6) is 2.08. The second kappa shape index (κ2) is 10.8. The maximum atomic E-state index is 12.6. The van der Waals surface area contributed by atoms with Gasteiger partial charge in [0.05, 0.1) is 12.6 Å². The van der Waals surface area contributed by atoms with Crippen LogP contribution in [0.5, 0.6) is 0 Å². The third-order valence-corrected chi connectivity index (χ3v) is 5.10. The Hall–Kier alpha value is -1.15. The van der Waals surface area contributed by atoms with E-state index in [0.29, 0.717) is 38.6 Å². The summed E-state index contributed by atoms with van der Waals surface area (Å²) in [7, 11) is 1.87. The van der Waals surface area contributed by atoms with Gasteiger partial charge in [0.2, 0.25) is 0 Å². The van der Waals surface area contributed by atoms with E-state index in [9.17, 15) is 13.2 Å². The van der Waals surface area contributed by atoms with Crippen LogP contribution in [-0.4, -0.2) is 76.7 Å². The Bertz CT molecular complexity index is 676. The topological polar surface area (TPSA) is 79.6 Å². The van der Waals surface area contributed by atoms with Crippen molar-refractivity contribution in [3.63, 3.8) is 0 Å². The molecular formula is C17H29F3IN7O. The van der Waals surface area contributed by atoms with Gasteiger partial charge in [-0.25, -0.2) is 4.99 Å². The maximum absolute atomic E-state index is 12.6. The second-order valence-corrected chi connectivity index (χ2v) is 7.38. The molecule has 2 N–H and O–H groups in total. The number of alkyl halides is 3. The largest absolute Gasteiger partial charge is 0.401 e. The number of rotatable bonds is 6. The van der Waals surface area contributed by atoms with E-state index in [1.807, 2.05) is 18.5 Å². The van der Waals surface area contributed by atoms with E-state index in [0.717, 1.165) is 31.1 Å². The predicted octanol–water partition coefficient (Wildman–Crippen LogP) is 1.59. The van der Waals surface area contributed by atoms with E-state index >= 15 is 0 Å². The minimum atomic E-state index is -4.17. The number of nitrogens with zero attached hydrogens (tertiary/aromatic N) is 5. The Kier molecular flexibility index (Phi) is 8.94. The molecule has 0 aliphatic carbocycles. The molecule has 0 aromatic carbocycles. The molecule has 2 aliphatic rings. The van der Waals surface area contributed by atoms with Crippen molar-refractivity contribution in [1.29, 1.82) is 0 Å². The molecule has 8 nitrogen and oxygen atoms in total. The van der Waals surface area contributed by atoms with Crippen molar-refractivity contribution in [2.75, 3.05) is 32.8 Å². The number of guanidine groups is 1. The molecule has 3 rings (SSSR count). The van der Waals surface area contributed by atoms with Crippen molar-refractivity contribution in [3.05, 3.63) is 11.6 Å². The molecule has 0 saturated carbocycles. The molecule has 2 fully saturated rings. The SMILES string of the molecule is Cc1nnc(CN=C(NCC2CCCO2)NC2CCN(CC(F)(F)F)C2)n1C.I. The summed E-state index contributed by atoms with van der Waals surface area (Å²) >= 11 is 0. The molecule has 0 bridgehead atoms. The molecule has 166 valence electrons. The zero-order valence-corrected chi connectivity index (χ0v) is 19.0. The third kappa shape index (κ3) is 7.55. The van der Waals surface area contributed by atoms with Crippen LogP contribution >= 0.6 is 24.0 Å². The van der Waals surface area contributed by atoms with Gasteiger partial charge in [-0.2, -0.15) is 13.2 Å². The molecule has 1 aromatic rings. The highest BCUT2D eigenvalue weighted by atomic mass is 127. The van der Waals surface area contributed by atoms with Gasteiger partial charge >= 0.3 is 6.18 Å². The lowest BCUT2D eigenvalue weighted by atomic mass is 10.2. The van der Waals surface area contributed by atoms with Gasteiger partial charge in [-0.05, 0) is 26.2 Å². The highest BCUT2D eigenvalue weighted by Gasteiger charge is 2.34. The first-order valence-electron chi connectivity index (χ1n) is 9.60. The van der Waals surface area contributed by atoms with Crippen LogP contribution in [0.3, 0.4) is 0 Å². The lowest BCUT2D eigenvalue weighted by Crippen LogP contribution is -2.47. The summed E-state index contributed by atoms with van der Waals surface area (Å²) in [5, 5.41) is 14.7. The molecule has 0 amide bonds. The summed E-state index contributed by atoms with van der Waals surface area (Å²) in [6, 6.07) is -0.0840. The van der Waals surface area contributed by atoms with E-state index in [1.165, 1.54) is 4.90 Å². The van der Waals surface area contributed by atoms with Gasteiger partial charge in [-0.1, -0.05) is 0 Å². The molecule has 1 aromatic heterocycles. The first-order chi connectivity index (χ1) is 13.3. The number of hydrogen-bond donors (Lipinski definition) is 2. The van der Waals surface area contributed by atoms with Crippen molar-refractivity contribution in [2.24, 2.45) is 12.0 Å². The number of hydrogen-bond acceptors (Lipinski definition) is 5. The minimum Gasteiger partial charge on any atom is -0.376 e. The predicted molar refractivity (Wildman–Crippen MR) is 113 cm³/mol. The van der Waals surface area contributed by atoms with Gasteiger partial charge in [-0.3, -0.25) is 4.90 Å². The lowest BCUT2D eigenvalue weighted by Gasteiger charge is -2.21. The normalized spacial score (nSPS) is 23.3. The van der Waals surface area contributed by atoms with Crippen molar-refractivity contribution < 1.29 is 17.9 Å². The molecule has 2 atom stereocenters. The van der Waals surface area contributed by atoms with E-state index in [-0.39, 0.29) is 36.1 Å². The van der Waals surface area contributed by atoms with Crippen LogP contribution in [0, 0.1) is 6.92 Å². The fraction of sp³-hybridized carbons (Fsp3) is 0.824. The average molecular weight is 531 g/mol. The standard InChI is InChI=1S/C17H28F3N7O.HI/c1-12-24-25-15(26(12)2)9-22-16(21-8-14-4-3-7-28-14)23-13-5-6-27(10-13)11-17(18,19)20;/h13-14H,3-11H2,1-2H3,(H2,21,22,23);1H. The number of likely N-dealkylation sites (tertiary alicyclic amines) is 1. The van der Waals surface area contributed by atoms with E-state index in [4.69, 9.17) is 4.74 Å². The Morgan fingerprint density at radius 1 is 1.31 bits per heavy atom. The van der Waals surface area contributed by atoms with Gasteiger partial charge in [-0.15, -0.1) is 34.2 Å². The minimum absolute atomic E-state index is 0. The molecule has 0 spiro atoms. The van der Waals surface area contributed by atoms with Crippen LogP contribution in [0.4, 0.5) is 13.2 Å². The quantitative estimate of drug-likeness (QED) is 0.330. The number of aryl methyl sites for hydroxylation is 1. The van der Waals surface area contributed by atoms with Crippen molar-refractivity contribution in [2.45, 2.75) is 51.1 Å². The molecule has 12 heteroatoms. The van der Waals surface area contributed by atoms with Crippen molar-refractivity contribution in [3.8, 4) is 0 Å². The first kappa shape index (κ1) is 24.1. The Labute approximate surface area is 185 Å². The fourth-order valence-electron chi connectivity index (χ4n) is 3.45. The molecule has 2 unspecified atom stereocenters. The highest BCUT2D eigenvalue weighted by molar-refractivity contribution is 14.0. The summed E-state index contributed by atoms with van der Waals surface area (Å²) in [6.45, 7) is 3.45. The number of aliphatic imine (C=N–C) groups is 1. The molecule has 2 saturated heterocycles. The van der Waals surface area contributed by atoms with Crippen LogP contribution in [0.2, 0.25) is 0 Å². The number of halogens is 4. The van der Waals surface area contributed by atoms with Gasteiger partial charge in [0, 0.05) is 39.3 Å². The zero-order chi connectivity index (χ0) is 20.1. The van der Waals surface area contributed by atoms with E-state index in [1.54, 1.807) is 0 Å². The summed E-state index contributed by atoms with van der Waals surface area (Å²) in [5.41, 5.74) is 0. The van der Waals surface area contributed by atoms with Crippen molar-refractivity contribution in [1.82, 2.24) is 30.3 Å². The van der Waals surface area contributed by atoms with Gasteiger partial charge in [0.1, 0.15) is 12.4 Å². The maximum Gasteiger partial charge on any atom is 0.401 e. The first-order valence-corrected chi connectivity index (χ1v) is 9.60. The average Bonchev–Trinajstić information content (AvgIpc) is 3.34. The Morgan fingerprint density at radius 3 is 2.72 bits per heavy atom. The van der Waals surface area contributed by atoms with Crippen molar-refractivity contribution >= 4 is 29.9 Å². The molecule has 29 heavy (non-hydrogen) atoms. The van der Waals surface area contributed by atoms with E-state index in [2.05, 4.69) is 25.8 Å². The number of aromatic nitrogens is 3. The zero-order valence-electron chi connectivity index (χ0n) is 16.7. The Balaban J connectivity index is 0.00000300. The van der Waals surface area contributed by atoms with Gasteiger partial charge in [0.15, 0.2) is 11.8 Å². The molecular weight excluding hydrogens is 502 g/mol. The Morgan fingerprint density at radius 2 is 2.10 bits per heavy atom. The second-order valence-electron chi connectivity index (χ2n) is 7.38.